The molecule has 1 saturated carbocycles. The smallest absolute Gasteiger partial charge is 0.410 e. The number of unbranched alkanes of at least 4 members (excludes halogenated alkanes) is 2. The Balaban J connectivity index is 1.55. The van der Waals surface area contributed by atoms with Gasteiger partial charge in [-0.2, -0.15) is 0 Å². The maximum atomic E-state index is 14.4. The second kappa shape index (κ2) is 19.8. The van der Waals surface area contributed by atoms with Crippen molar-refractivity contribution in [2.24, 2.45) is 22.9 Å². The Morgan fingerprint density at radius 2 is 1.82 bits per heavy atom. The van der Waals surface area contributed by atoms with Crippen LogP contribution < -0.4 is 9.47 Å². The van der Waals surface area contributed by atoms with Crippen molar-refractivity contribution in [3.8, 4) is 11.5 Å². The number of hydrogen-bond donors (Lipinski definition) is 2. The molecule has 0 radical (unpaired) electrons. The number of ether oxygens (including phenoxy) is 4. The molecule has 6 atom stereocenters. The Hall–Kier alpha value is -4.23. The van der Waals surface area contributed by atoms with E-state index in [4.69, 9.17) is 23.8 Å². The molecule has 2 aromatic rings. The fourth-order valence-electron chi connectivity index (χ4n) is 8.84. The first-order valence-corrected chi connectivity index (χ1v) is 20.1. The molecule has 1 saturated heterocycles. The topological polar surface area (TPSA) is 122 Å². The van der Waals surface area contributed by atoms with Crippen LogP contribution in [0.5, 0.6) is 11.5 Å². The summed E-state index contributed by atoms with van der Waals surface area (Å²) in [5.41, 5.74) is 3.29. The number of aliphatic hydroxyl groups is 2. The van der Waals surface area contributed by atoms with E-state index >= 15 is 0 Å². The van der Waals surface area contributed by atoms with E-state index in [0.717, 1.165) is 62.2 Å². The average Bonchev–Trinajstić information content (AvgIpc) is 4.03. The molecule has 6 rings (SSSR count). The van der Waals surface area contributed by atoms with E-state index in [-0.39, 0.29) is 63.0 Å². The van der Waals surface area contributed by atoms with E-state index in [2.05, 4.69) is 35.4 Å². The van der Waals surface area contributed by atoms with Crippen molar-refractivity contribution < 1.29 is 43.2 Å². The van der Waals surface area contributed by atoms with E-state index in [0.29, 0.717) is 42.9 Å². The largest absolute Gasteiger partial charge is 0.492 e. The number of nitrogens with zero attached hydrogens (tertiary/aromatic N) is 3. The molecular weight excluding hydrogens is 717 g/mol. The fourth-order valence-corrected chi connectivity index (χ4v) is 8.84. The van der Waals surface area contributed by atoms with E-state index in [1.165, 1.54) is 19.2 Å². The van der Waals surface area contributed by atoms with Crippen LogP contribution in [0.3, 0.4) is 0 Å². The predicted molar refractivity (Wildman–Crippen MR) is 212 cm³/mol. The molecule has 6 unspecified atom stereocenters. The molecule has 0 bridgehead atoms. The van der Waals surface area contributed by atoms with Crippen molar-refractivity contribution in [1.82, 2.24) is 9.80 Å². The van der Waals surface area contributed by atoms with Gasteiger partial charge in [0, 0.05) is 57.3 Å². The predicted octanol–water partition coefficient (Wildman–Crippen LogP) is 7.00. The summed E-state index contributed by atoms with van der Waals surface area (Å²) >= 11 is 0. The number of halogens is 1. The summed E-state index contributed by atoms with van der Waals surface area (Å²) in [6.07, 6.45) is 10.4. The second-order valence-corrected chi connectivity index (χ2v) is 15.1. The van der Waals surface area contributed by atoms with Crippen LogP contribution in [-0.4, -0.2) is 103 Å². The quantitative estimate of drug-likeness (QED) is 0.0564. The number of rotatable bonds is 22. The molecule has 2 aliphatic heterocycles. The van der Waals surface area contributed by atoms with Crippen molar-refractivity contribution in [2.45, 2.75) is 75.7 Å². The monoisotopic (exact) mass is 775 g/mol. The summed E-state index contributed by atoms with van der Waals surface area (Å²) in [5, 5.41) is 24.3. The van der Waals surface area contributed by atoms with Gasteiger partial charge in [-0.25, -0.2) is 9.18 Å². The van der Waals surface area contributed by atoms with Gasteiger partial charge < -0.3 is 34.0 Å². The van der Waals surface area contributed by atoms with Crippen molar-refractivity contribution in [3.05, 3.63) is 96.4 Å². The minimum absolute atomic E-state index is 0.0730. The van der Waals surface area contributed by atoms with Gasteiger partial charge in [-0.1, -0.05) is 48.4 Å². The third kappa shape index (κ3) is 9.48. The second-order valence-electron chi connectivity index (χ2n) is 15.1. The Kier molecular flexibility index (Phi) is 14.6. The molecule has 2 heterocycles. The first-order valence-electron chi connectivity index (χ1n) is 20.1. The van der Waals surface area contributed by atoms with Crippen molar-refractivity contribution in [2.75, 3.05) is 59.8 Å². The third-order valence-corrected chi connectivity index (χ3v) is 11.5. The van der Waals surface area contributed by atoms with Gasteiger partial charge in [0.25, 0.3) is 0 Å². The zero-order valence-electron chi connectivity index (χ0n) is 32.7. The minimum atomic E-state index is -1.45. The Labute approximate surface area is 330 Å². The molecule has 12 heteroatoms. The van der Waals surface area contributed by atoms with Gasteiger partial charge in [-0.3, -0.25) is 9.80 Å². The highest BCUT2D eigenvalue weighted by Gasteiger charge is 2.65. The van der Waals surface area contributed by atoms with Crippen molar-refractivity contribution in [3.63, 3.8) is 0 Å². The van der Waals surface area contributed by atoms with E-state index in [1.807, 2.05) is 12.1 Å². The number of aliphatic hydroxyl groups excluding tert-OH is 2. The zero-order chi connectivity index (χ0) is 39.5. The summed E-state index contributed by atoms with van der Waals surface area (Å²) in [6, 6.07) is 11.3. The lowest BCUT2D eigenvalue weighted by Gasteiger charge is -2.59. The molecule has 2 aromatic carbocycles. The number of carbonyl (C=O) groups is 1. The Bertz CT molecular complexity index is 1700. The van der Waals surface area contributed by atoms with Gasteiger partial charge in [0.15, 0.2) is 0 Å². The van der Waals surface area contributed by atoms with Gasteiger partial charge in [-0.15, -0.1) is 13.2 Å². The number of carbonyl (C=O) groups excluding carboxylic acids is 1. The standard InChI is InChI=1S/C44H58FN3O8/c1-4-6-25-54-43(51)48(30-31-13-15-33(45)16-14-31)40-29-38(46-52-3)36-27-32(11-7-9-22-49)35(12-8-10-23-50)41-37-28-34(53-26-21-47-19-20-47)17-18-39(37)56-44(40,42(36)41)55-24-5-2/h4-5,13-18,27-28,32,35,40-42,49-50H,1-2,6-12,19-26,29-30H2,3H3. The molecule has 304 valence electrons. The lowest BCUT2D eigenvalue weighted by atomic mass is 9.55. The first-order chi connectivity index (χ1) is 27.4. The van der Waals surface area contributed by atoms with Crippen LogP contribution in [0.1, 0.15) is 68.4 Å². The number of fused-ring (bicyclic) bond motifs is 2. The number of allylic oxidation sites excluding steroid dienone is 1. The Morgan fingerprint density at radius 1 is 1.05 bits per heavy atom. The summed E-state index contributed by atoms with van der Waals surface area (Å²) in [7, 11) is 1.52. The van der Waals surface area contributed by atoms with Crippen LogP contribution in [0.2, 0.25) is 0 Å². The highest BCUT2D eigenvalue weighted by atomic mass is 19.1. The van der Waals surface area contributed by atoms with Gasteiger partial charge in [-0.05, 0) is 85.4 Å². The molecule has 4 aliphatic rings. The number of hydrogen-bond acceptors (Lipinski definition) is 10. The highest BCUT2D eigenvalue weighted by molar-refractivity contribution is 6.03. The molecule has 2 aliphatic carbocycles. The van der Waals surface area contributed by atoms with Crippen LogP contribution in [0.15, 0.2) is 84.6 Å². The molecule has 56 heavy (non-hydrogen) atoms. The number of oxime groups is 1. The molecule has 0 aromatic heterocycles. The zero-order valence-corrected chi connectivity index (χ0v) is 32.7. The average molecular weight is 776 g/mol. The van der Waals surface area contributed by atoms with Gasteiger partial charge in [0.05, 0.1) is 24.8 Å². The van der Waals surface area contributed by atoms with E-state index in [1.54, 1.807) is 29.2 Å². The summed E-state index contributed by atoms with van der Waals surface area (Å²) in [4.78, 5) is 23.9. The van der Waals surface area contributed by atoms with Crippen LogP contribution in [-0.2, 0) is 20.9 Å². The third-order valence-electron chi connectivity index (χ3n) is 11.5. The van der Waals surface area contributed by atoms with Crippen molar-refractivity contribution >= 4 is 11.8 Å². The molecular formula is C44H58FN3O8. The fraction of sp³-hybridized carbons (Fsp3) is 0.545. The maximum Gasteiger partial charge on any atom is 0.410 e. The number of amides is 1. The summed E-state index contributed by atoms with van der Waals surface area (Å²) in [6.45, 7) is 11.9. The highest BCUT2D eigenvalue weighted by Crippen LogP contribution is 2.62. The maximum absolute atomic E-state index is 14.4. The molecule has 11 nitrogen and oxygen atoms in total. The van der Waals surface area contributed by atoms with Gasteiger partial charge in [0.2, 0.25) is 5.79 Å². The number of benzene rings is 2. The molecule has 1 amide bonds. The van der Waals surface area contributed by atoms with Gasteiger partial charge >= 0.3 is 6.09 Å². The molecule has 2 fully saturated rings. The lowest BCUT2D eigenvalue weighted by molar-refractivity contribution is -0.256. The first kappa shape index (κ1) is 41.4. The van der Waals surface area contributed by atoms with E-state index in [9.17, 15) is 19.4 Å². The molecule has 0 spiro atoms. The lowest BCUT2D eigenvalue weighted by Crippen LogP contribution is -2.70. The van der Waals surface area contributed by atoms with Crippen LogP contribution >= 0.6 is 0 Å². The van der Waals surface area contributed by atoms with Crippen LogP contribution in [0.4, 0.5) is 9.18 Å². The Morgan fingerprint density at radius 3 is 2.52 bits per heavy atom. The van der Waals surface area contributed by atoms with Crippen LogP contribution in [0.25, 0.3) is 0 Å². The minimum Gasteiger partial charge on any atom is -0.492 e. The normalized spacial score (nSPS) is 25.6. The summed E-state index contributed by atoms with van der Waals surface area (Å²) in [5.74, 6) is -0.935. The summed E-state index contributed by atoms with van der Waals surface area (Å²) < 4.78 is 40.6. The van der Waals surface area contributed by atoms with E-state index < -0.39 is 23.8 Å². The van der Waals surface area contributed by atoms with Crippen molar-refractivity contribution in [1.29, 1.82) is 0 Å². The van der Waals surface area contributed by atoms with Gasteiger partial charge in [0.1, 0.15) is 37.1 Å². The van der Waals surface area contributed by atoms with Crippen LogP contribution in [0, 0.1) is 23.6 Å². The SMILES string of the molecule is C=CCCOC(=O)N(Cc1ccc(F)cc1)C1CC(=NOC)C2=CC(CCCCO)C(CCCCO)C3c4cc(OCCN5CC5)ccc4OC1(OCC=C)C23. The molecule has 2 N–H and O–H groups in total.